The monoisotopic (exact) mass is 266 g/mol. The molecule has 3 nitrogen and oxygen atoms in total. The molecule has 0 aliphatic rings. The summed E-state index contributed by atoms with van der Waals surface area (Å²) in [5.74, 6) is 0.374. The third-order valence-electron chi connectivity index (χ3n) is 2.41. The van der Waals surface area contributed by atoms with E-state index in [1.54, 1.807) is 0 Å². The number of anilines is 1. The molecule has 0 saturated carbocycles. The Hall–Kier alpha value is -1.29. The Kier molecular flexibility index (Phi) is 2.52. The molecule has 0 fully saturated rings. The highest BCUT2D eigenvalue weighted by Crippen LogP contribution is 2.33. The van der Waals surface area contributed by atoms with Crippen LogP contribution in [0.15, 0.2) is 27.2 Å². The van der Waals surface area contributed by atoms with Crippen LogP contribution in [0.25, 0.3) is 11.3 Å². The molecule has 0 radical (unpaired) electrons. The van der Waals surface area contributed by atoms with Gasteiger partial charge in [-0.3, -0.25) is 0 Å². The Morgan fingerprint density at radius 2 is 2.07 bits per heavy atom. The second kappa shape index (κ2) is 3.70. The van der Waals surface area contributed by atoms with Gasteiger partial charge in [0, 0.05) is 15.6 Å². The summed E-state index contributed by atoms with van der Waals surface area (Å²) in [5.41, 5.74) is 9.46. The summed E-state index contributed by atoms with van der Waals surface area (Å²) in [6.07, 6.45) is 0. The number of nitrogens with two attached hydrogens (primary N) is 1. The van der Waals surface area contributed by atoms with Crippen LogP contribution in [0.4, 0.5) is 5.88 Å². The molecule has 2 rings (SSSR count). The van der Waals surface area contributed by atoms with Crippen molar-refractivity contribution in [3.63, 3.8) is 0 Å². The second-order valence-corrected chi connectivity index (χ2v) is 4.25. The van der Waals surface area contributed by atoms with Gasteiger partial charge in [-0.15, -0.1) is 0 Å². The maximum absolute atomic E-state index is 5.62. The Morgan fingerprint density at radius 1 is 1.33 bits per heavy atom. The first-order valence-electron chi connectivity index (χ1n) is 4.58. The summed E-state index contributed by atoms with van der Waals surface area (Å²) in [4.78, 5) is 0. The first-order chi connectivity index (χ1) is 7.11. The fourth-order valence-corrected chi connectivity index (χ4v) is 1.88. The van der Waals surface area contributed by atoms with E-state index in [4.69, 9.17) is 10.3 Å². The minimum atomic E-state index is 0.374. The molecular weight excluding hydrogens is 256 g/mol. The van der Waals surface area contributed by atoms with Crippen LogP contribution in [0.1, 0.15) is 11.1 Å². The molecule has 2 aromatic rings. The molecule has 0 aliphatic carbocycles. The van der Waals surface area contributed by atoms with Crippen LogP contribution in [0.3, 0.4) is 0 Å². The van der Waals surface area contributed by atoms with Gasteiger partial charge < -0.3 is 10.3 Å². The molecule has 4 heteroatoms. The average Bonchev–Trinajstić information content (AvgIpc) is 2.53. The average molecular weight is 267 g/mol. The summed E-state index contributed by atoms with van der Waals surface area (Å²) in [6, 6.07) is 6.01. The van der Waals surface area contributed by atoms with E-state index in [0.29, 0.717) is 5.88 Å². The van der Waals surface area contributed by atoms with Gasteiger partial charge in [0.25, 0.3) is 0 Å². The number of benzene rings is 1. The van der Waals surface area contributed by atoms with E-state index >= 15 is 0 Å². The molecule has 0 saturated heterocycles. The van der Waals surface area contributed by atoms with E-state index in [1.165, 1.54) is 0 Å². The van der Waals surface area contributed by atoms with Gasteiger partial charge >= 0.3 is 0 Å². The Labute approximate surface area is 96.4 Å². The van der Waals surface area contributed by atoms with Gasteiger partial charge in [0.2, 0.25) is 5.88 Å². The third kappa shape index (κ3) is 1.65. The number of nitrogen functional groups attached to an aromatic ring is 1. The van der Waals surface area contributed by atoms with Crippen LogP contribution in [-0.2, 0) is 0 Å². The smallest absolute Gasteiger partial charge is 0.225 e. The zero-order valence-electron chi connectivity index (χ0n) is 8.54. The van der Waals surface area contributed by atoms with Gasteiger partial charge in [-0.2, -0.15) is 0 Å². The summed E-state index contributed by atoms with van der Waals surface area (Å²) in [5, 5.41) is 3.96. The van der Waals surface area contributed by atoms with Crippen molar-refractivity contribution in [1.82, 2.24) is 5.16 Å². The van der Waals surface area contributed by atoms with Gasteiger partial charge in [-0.05, 0) is 35.3 Å². The van der Waals surface area contributed by atoms with Crippen LogP contribution in [0.5, 0.6) is 0 Å². The molecule has 78 valence electrons. The van der Waals surface area contributed by atoms with Gasteiger partial charge in [0.05, 0.1) is 0 Å². The van der Waals surface area contributed by atoms with Crippen LogP contribution < -0.4 is 5.73 Å². The maximum atomic E-state index is 5.62. The molecule has 0 aliphatic heterocycles. The van der Waals surface area contributed by atoms with Crippen molar-refractivity contribution in [2.24, 2.45) is 0 Å². The maximum Gasteiger partial charge on any atom is 0.225 e. The normalized spacial score (nSPS) is 10.6. The number of nitrogens with zero attached hydrogens (tertiary/aromatic N) is 1. The quantitative estimate of drug-likeness (QED) is 0.862. The van der Waals surface area contributed by atoms with Crippen LogP contribution in [0.2, 0.25) is 0 Å². The SMILES string of the molecule is Cc1cccc(-c2noc(N)c2C)c1Br. The highest BCUT2D eigenvalue weighted by molar-refractivity contribution is 9.10. The predicted molar refractivity (Wildman–Crippen MR) is 63.5 cm³/mol. The van der Waals surface area contributed by atoms with Crippen molar-refractivity contribution >= 4 is 21.8 Å². The Balaban J connectivity index is 2.64. The largest absolute Gasteiger partial charge is 0.367 e. The topological polar surface area (TPSA) is 52.0 Å². The van der Waals surface area contributed by atoms with E-state index in [1.807, 2.05) is 32.0 Å². The minimum absolute atomic E-state index is 0.374. The molecule has 0 amide bonds. The molecule has 0 atom stereocenters. The van der Waals surface area contributed by atoms with Crippen molar-refractivity contribution < 1.29 is 4.52 Å². The van der Waals surface area contributed by atoms with Crippen molar-refractivity contribution in [1.29, 1.82) is 0 Å². The summed E-state index contributed by atoms with van der Waals surface area (Å²) in [6.45, 7) is 3.93. The van der Waals surface area contributed by atoms with E-state index in [-0.39, 0.29) is 0 Å². The fraction of sp³-hybridized carbons (Fsp3) is 0.182. The third-order valence-corrected chi connectivity index (χ3v) is 3.46. The molecule has 0 bridgehead atoms. The Bertz CT molecular complexity index is 505. The summed E-state index contributed by atoms with van der Waals surface area (Å²) < 4.78 is 5.98. The second-order valence-electron chi connectivity index (χ2n) is 3.46. The molecule has 15 heavy (non-hydrogen) atoms. The summed E-state index contributed by atoms with van der Waals surface area (Å²) >= 11 is 3.54. The van der Waals surface area contributed by atoms with Crippen molar-refractivity contribution in [2.45, 2.75) is 13.8 Å². The molecule has 2 N–H and O–H groups in total. The van der Waals surface area contributed by atoms with Gasteiger partial charge in [-0.1, -0.05) is 23.4 Å². The van der Waals surface area contributed by atoms with E-state index in [2.05, 4.69) is 21.1 Å². The Morgan fingerprint density at radius 3 is 2.67 bits per heavy atom. The highest BCUT2D eigenvalue weighted by Gasteiger charge is 2.14. The number of aromatic nitrogens is 1. The van der Waals surface area contributed by atoms with Crippen LogP contribution in [-0.4, -0.2) is 5.16 Å². The zero-order valence-corrected chi connectivity index (χ0v) is 10.1. The van der Waals surface area contributed by atoms with Crippen LogP contribution in [0, 0.1) is 13.8 Å². The number of hydrogen-bond acceptors (Lipinski definition) is 3. The number of hydrogen-bond donors (Lipinski definition) is 1. The van der Waals surface area contributed by atoms with Crippen molar-refractivity contribution in [2.75, 3.05) is 5.73 Å². The van der Waals surface area contributed by atoms with Gasteiger partial charge in [0.15, 0.2) is 0 Å². The minimum Gasteiger partial charge on any atom is -0.367 e. The van der Waals surface area contributed by atoms with E-state index in [9.17, 15) is 0 Å². The van der Waals surface area contributed by atoms with Crippen molar-refractivity contribution in [3.05, 3.63) is 33.8 Å². The zero-order chi connectivity index (χ0) is 11.0. The van der Waals surface area contributed by atoms with E-state index < -0.39 is 0 Å². The molecule has 1 aromatic carbocycles. The first kappa shape index (κ1) is 10.2. The van der Waals surface area contributed by atoms with Crippen molar-refractivity contribution in [3.8, 4) is 11.3 Å². The number of rotatable bonds is 1. The van der Waals surface area contributed by atoms with Gasteiger partial charge in [0.1, 0.15) is 5.69 Å². The lowest BCUT2D eigenvalue weighted by atomic mass is 10.1. The summed E-state index contributed by atoms with van der Waals surface area (Å²) in [7, 11) is 0. The standard InChI is InChI=1S/C11H11BrN2O/c1-6-4-3-5-8(9(6)12)10-7(2)11(13)15-14-10/h3-5H,13H2,1-2H3. The fourth-order valence-electron chi connectivity index (χ4n) is 1.43. The predicted octanol–water partition coefficient (Wildman–Crippen LogP) is 3.30. The number of aryl methyl sites for hydroxylation is 1. The molecule has 0 unspecified atom stereocenters. The lowest BCUT2D eigenvalue weighted by Gasteiger charge is -2.04. The molecule has 1 heterocycles. The lowest BCUT2D eigenvalue weighted by Crippen LogP contribution is -1.87. The lowest BCUT2D eigenvalue weighted by molar-refractivity contribution is 0.439. The van der Waals surface area contributed by atoms with E-state index in [0.717, 1.165) is 26.9 Å². The van der Waals surface area contributed by atoms with Gasteiger partial charge in [-0.25, -0.2) is 0 Å². The number of halogens is 1. The van der Waals surface area contributed by atoms with Crippen LogP contribution >= 0.6 is 15.9 Å². The highest BCUT2D eigenvalue weighted by atomic mass is 79.9. The first-order valence-corrected chi connectivity index (χ1v) is 5.37. The molecule has 0 spiro atoms. The molecular formula is C11H11BrN2O. The molecule has 1 aromatic heterocycles.